The maximum atomic E-state index is 12.7. The minimum Gasteiger partial charge on any atom is -0.505 e. The second kappa shape index (κ2) is 7.93. The molecule has 0 fully saturated rings. The number of nitrogens with zero attached hydrogens (tertiary/aromatic N) is 1. The van der Waals surface area contributed by atoms with Crippen molar-refractivity contribution in [2.45, 2.75) is 39.7 Å². The van der Waals surface area contributed by atoms with Gasteiger partial charge in [-0.05, 0) is 36.0 Å². The number of benzene rings is 1. The number of aliphatic hydroxyl groups excluding tert-OH is 1. The van der Waals surface area contributed by atoms with Crippen molar-refractivity contribution < 1.29 is 9.90 Å². The molecule has 1 amide bonds. The van der Waals surface area contributed by atoms with Gasteiger partial charge in [-0.15, -0.1) is 0 Å². The summed E-state index contributed by atoms with van der Waals surface area (Å²) in [6.07, 6.45) is 1.53. The SMILES string of the molecule is C=C1C(O)=C(C(=O)NCCCc2ccc(Cl)c(Cl)c2)C(C(C)(C)C)N1C. The fraction of sp³-hybridized carbons (Fsp3) is 0.450. The number of hydrogen-bond donors (Lipinski definition) is 2. The monoisotopic (exact) mass is 396 g/mol. The molecule has 1 aliphatic rings. The highest BCUT2D eigenvalue weighted by molar-refractivity contribution is 6.42. The van der Waals surface area contributed by atoms with Crippen molar-refractivity contribution in [3.63, 3.8) is 0 Å². The fourth-order valence-corrected chi connectivity index (χ4v) is 3.65. The van der Waals surface area contributed by atoms with Gasteiger partial charge in [0.25, 0.3) is 5.91 Å². The fourth-order valence-electron chi connectivity index (χ4n) is 3.33. The van der Waals surface area contributed by atoms with Crippen LogP contribution < -0.4 is 5.32 Å². The summed E-state index contributed by atoms with van der Waals surface area (Å²) in [7, 11) is 1.85. The number of halogens is 2. The van der Waals surface area contributed by atoms with Crippen LogP contribution in [0.4, 0.5) is 0 Å². The Hall–Kier alpha value is -1.65. The molecule has 4 nitrogen and oxygen atoms in total. The quantitative estimate of drug-likeness (QED) is 0.707. The van der Waals surface area contributed by atoms with Gasteiger partial charge in [0.2, 0.25) is 0 Å². The van der Waals surface area contributed by atoms with Gasteiger partial charge in [0.1, 0.15) is 5.76 Å². The summed E-state index contributed by atoms with van der Waals surface area (Å²) in [5, 5.41) is 14.3. The molecule has 1 heterocycles. The molecule has 0 radical (unpaired) electrons. The first-order chi connectivity index (χ1) is 12.0. The lowest BCUT2D eigenvalue weighted by molar-refractivity contribution is -0.118. The van der Waals surface area contributed by atoms with Crippen molar-refractivity contribution in [2.24, 2.45) is 5.41 Å². The van der Waals surface area contributed by atoms with Crippen LogP contribution in [-0.2, 0) is 11.2 Å². The third-order valence-corrected chi connectivity index (χ3v) is 5.33. The van der Waals surface area contributed by atoms with E-state index in [0.29, 0.717) is 27.9 Å². The topological polar surface area (TPSA) is 52.6 Å². The van der Waals surface area contributed by atoms with Crippen LogP contribution in [0, 0.1) is 5.41 Å². The largest absolute Gasteiger partial charge is 0.505 e. The van der Waals surface area contributed by atoms with Gasteiger partial charge >= 0.3 is 0 Å². The number of aliphatic hydroxyl groups is 1. The van der Waals surface area contributed by atoms with Crippen LogP contribution in [0.5, 0.6) is 0 Å². The average Bonchev–Trinajstić information content (AvgIpc) is 2.78. The summed E-state index contributed by atoms with van der Waals surface area (Å²) in [6, 6.07) is 5.32. The number of aryl methyl sites for hydroxylation is 1. The van der Waals surface area contributed by atoms with Crippen molar-refractivity contribution in [3.8, 4) is 0 Å². The summed E-state index contributed by atoms with van der Waals surface area (Å²) in [5.41, 5.74) is 1.72. The van der Waals surface area contributed by atoms with E-state index in [1.807, 2.05) is 44.9 Å². The van der Waals surface area contributed by atoms with E-state index in [0.717, 1.165) is 18.4 Å². The van der Waals surface area contributed by atoms with Gasteiger partial charge in [0, 0.05) is 13.6 Å². The van der Waals surface area contributed by atoms with Crippen LogP contribution >= 0.6 is 23.2 Å². The first-order valence-corrected chi connectivity index (χ1v) is 9.37. The first kappa shape index (κ1) is 20.7. The Balaban J connectivity index is 1.98. The van der Waals surface area contributed by atoms with Crippen LogP contribution in [0.25, 0.3) is 0 Å². The lowest BCUT2D eigenvalue weighted by atomic mass is 9.82. The first-order valence-electron chi connectivity index (χ1n) is 8.61. The second-order valence-electron chi connectivity index (χ2n) is 7.70. The molecule has 1 aliphatic heterocycles. The molecule has 0 saturated heterocycles. The van der Waals surface area contributed by atoms with Crippen molar-refractivity contribution in [1.82, 2.24) is 10.2 Å². The number of likely N-dealkylation sites (N-methyl/N-ethyl adjacent to an activating group) is 1. The van der Waals surface area contributed by atoms with Crippen molar-refractivity contribution >= 4 is 29.1 Å². The molecule has 0 aliphatic carbocycles. The third kappa shape index (κ3) is 4.36. The number of carbonyl (C=O) groups is 1. The van der Waals surface area contributed by atoms with Gasteiger partial charge in [-0.25, -0.2) is 0 Å². The van der Waals surface area contributed by atoms with Gasteiger partial charge in [-0.2, -0.15) is 0 Å². The van der Waals surface area contributed by atoms with E-state index in [4.69, 9.17) is 23.2 Å². The van der Waals surface area contributed by atoms with E-state index in [1.165, 1.54) is 0 Å². The highest BCUT2D eigenvalue weighted by Gasteiger charge is 2.43. The van der Waals surface area contributed by atoms with Crippen LogP contribution in [0.3, 0.4) is 0 Å². The van der Waals surface area contributed by atoms with Crippen LogP contribution in [0.1, 0.15) is 32.8 Å². The number of amides is 1. The zero-order valence-corrected chi connectivity index (χ0v) is 17.2. The van der Waals surface area contributed by atoms with Gasteiger partial charge in [-0.3, -0.25) is 4.79 Å². The van der Waals surface area contributed by atoms with Crippen molar-refractivity contribution in [2.75, 3.05) is 13.6 Å². The molecular weight excluding hydrogens is 371 g/mol. The molecule has 142 valence electrons. The van der Waals surface area contributed by atoms with E-state index in [-0.39, 0.29) is 23.1 Å². The van der Waals surface area contributed by atoms with Gasteiger partial charge < -0.3 is 15.3 Å². The molecule has 26 heavy (non-hydrogen) atoms. The molecule has 1 aromatic rings. The number of nitrogens with one attached hydrogen (secondary N) is 1. The highest BCUT2D eigenvalue weighted by atomic mass is 35.5. The predicted molar refractivity (Wildman–Crippen MR) is 108 cm³/mol. The molecule has 0 saturated carbocycles. The number of rotatable bonds is 5. The average molecular weight is 397 g/mol. The minimum absolute atomic E-state index is 0.0191. The Labute approximate surface area is 165 Å². The third-order valence-electron chi connectivity index (χ3n) is 4.59. The predicted octanol–water partition coefficient (Wildman–Crippen LogP) is 4.73. The lowest BCUT2D eigenvalue weighted by Crippen LogP contribution is -2.43. The summed E-state index contributed by atoms with van der Waals surface area (Å²) in [5.74, 6) is -0.267. The summed E-state index contributed by atoms with van der Waals surface area (Å²) in [6.45, 7) is 10.5. The Kier molecular flexibility index (Phi) is 6.30. The maximum absolute atomic E-state index is 12.7. The molecule has 0 bridgehead atoms. The maximum Gasteiger partial charge on any atom is 0.253 e. The molecule has 2 rings (SSSR count). The molecule has 0 aromatic heterocycles. The van der Waals surface area contributed by atoms with Gasteiger partial charge in [-0.1, -0.05) is 56.6 Å². The number of carbonyl (C=O) groups excluding carboxylic acids is 1. The summed E-state index contributed by atoms with van der Waals surface area (Å²) < 4.78 is 0. The van der Waals surface area contributed by atoms with Crippen LogP contribution in [0.15, 0.2) is 41.8 Å². The molecule has 0 spiro atoms. The van der Waals surface area contributed by atoms with Gasteiger partial charge in [0.05, 0.1) is 27.4 Å². The standard InChI is InChI=1S/C20H26Cl2N2O2/c1-12-17(25)16(18(24(12)5)20(2,3)4)19(26)23-10-6-7-13-8-9-14(21)15(22)11-13/h8-9,11,18,25H,1,6-7,10H2,2-5H3,(H,23,26). The lowest BCUT2D eigenvalue weighted by Gasteiger charge is -2.35. The van der Waals surface area contributed by atoms with E-state index < -0.39 is 0 Å². The smallest absolute Gasteiger partial charge is 0.253 e. The zero-order valence-electron chi connectivity index (χ0n) is 15.7. The number of hydrogen-bond acceptors (Lipinski definition) is 3. The van der Waals surface area contributed by atoms with E-state index in [2.05, 4.69) is 11.9 Å². The Bertz CT molecular complexity index is 751. The van der Waals surface area contributed by atoms with E-state index in [9.17, 15) is 9.90 Å². The van der Waals surface area contributed by atoms with E-state index >= 15 is 0 Å². The van der Waals surface area contributed by atoms with Crippen LogP contribution in [-0.4, -0.2) is 35.5 Å². The normalized spacial score (nSPS) is 17.8. The molecule has 6 heteroatoms. The summed E-state index contributed by atoms with van der Waals surface area (Å²) in [4.78, 5) is 14.5. The molecule has 1 aromatic carbocycles. The highest BCUT2D eigenvalue weighted by Crippen LogP contribution is 2.39. The molecular formula is C20H26Cl2N2O2. The van der Waals surface area contributed by atoms with E-state index in [1.54, 1.807) is 6.07 Å². The Morgan fingerprint density at radius 3 is 2.54 bits per heavy atom. The van der Waals surface area contributed by atoms with Crippen molar-refractivity contribution in [1.29, 1.82) is 0 Å². The van der Waals surface area contributed by atoms with Crippen molar-refractivity contribution in [3.05, 3.63) is 57.4 Å². The molecule has 1 unspecified atom stereocenters. The van der Waals surface area contributed by atoms with Gasteiger partial charge in [0.15, 0.2) is 0 Å². The Morgan fingerprint density at radius 1 is 1.31 bits per heavy atom. The second-order valence-corrected chi connectivity index (χ2v) is 8.51. The van der Waals surface area contributed by atoms with Crippen LogP contribution in [0.2, 0.25) is 10.0 Å². The molecule has 1 atom stereocenters. The molecule has 2 N–H and O–H groups in total. The Morgan fingerprint density at radius 2 is 1.96 bits per heavy atom. The summed E-state index contributed by atoms with van der Waals surface area (Å²) >= 11 is 11.9. The minimum atomic E-state index is -0.248. The zero-order chi connectivity index (χ0) is 19.6.